The number of hydrogen-bond acceptors (Lipinski definition) is 3. The number of piperidine rings is 1. The van der Waals surface area contributed by atoms with E-state index in [1.807, 2.05) is 10.9 Å². The van der Waals surface area contributed by atoms with Crippen LogP contribution in [-0.2, 0) is 6.54 Å². The standard InChI is InChI=1S/C12H22N4/c1-10-5-11(2)8-15(7-10)3-4-16-9-12(13)6-14-16/h6,9-11H,3-5,7-8,13H2,1-2H3. The zero-order chi connectivity index (χ0) is 11.5. The van der Waals surface area contributed by atoms with Gasteiger partial charge >= 0.3 is 0 Å². The van der Waals surface area contributed by atoms with Crippen LogP contribution in [0, 0.1) is 11.8 Å². The van der Waals surface area contributed by atoms with Crippen LogP contribution in [0.3, 0.4) is 0 Å². The highest BCUT2D eigenvalue weighted by atomic mass is 15.3. The second-order valence-corrected chi connectivity index (χ2v) is 5.24. The molecule has 1 aliphatic rings. The number of nitrogens with zero attached hydrogens (tertiary/aromatic N) is 3. The van der Waals surface area contributed by atoms with E-state index < -0.39 is 0 Å². The molecule has 0 saturated carbocycles. The highest BCUT2D eigenvalue weighted by molar-refractivity contribution is 5.30. The first kappa shape index (κ1) is 11.5. The molecule has 1 aliphatic heterocycles. The number of nitrogen functional groups attached to an aromatic ring is 1. The Morgan fingerprint density at radius 1 is 1.31 bits per heavy atom. The van der Waals surface area contributed by atoms with E-state index in [1.54, 1.807) is 6.20 Å². The van der Waals surface area contributed by atoms with Crippen molar-refractivity contribution in [3.05, 3.63) is 12.4 Å². The maximum Gasteiger partial charge on any atom is 0.0719 e. The first-order valence-corrected chi connectivity index (χ1v) is 6.14. The minimum absolute atomic E-state index is 0.750. The van der Waals surface area contributed by atoms with E-state index in [1.165, 1.54) is 19.5 Å². The predicted octanol–water partition coefficient (Wildman–Crippen LogP) is 1.44. The quantitative estimate of drug-likeness (QED) is 0.842. The van der Waals surface area contributed by atoms with Crippen molar-refractivity contribution in [2.24, 2.45) is 11.8 Å². The molecule has 90 valence electrons. The number of rotatable bonds is 3. The average molecular weight is 222 g/mol. The van der Waals surface area contributed by atoms with Crippen LogP contribution in [0.5, 0.6) is 0 Å². The zero-order valence-corrected chi connectivity index (χ0v) is 10.3. The van der Waals surface area contributed by atoms with Crippen LogP contribution >= 0.6 is 0 Å². The second-order valence-electron chi connectivity index (χ2n) is 5.24. The third-order valence-electron chi connectivity index (χ3n) is 3.24. The summed E-state index contributed by atoms with van der Waals surface area (Å²) >= 11 is 0. The van der Waals surface area contributed by atoms with Gasteiger partial charge in [-0.1, -0.05) is 13.8 Å². The Balaban J connectivity index is 1.81. The van der Waals surface area contributed by atoms with Crippen molar-refractivity contribution in [1.82, 2.24) is 14.7 Å². The van der Waals surface area contributed by atoms with Gasteiger partial charge in [0.25, 0.3) is 0 Å². The van der Waals surface area contributed by atoms with Gasteiger partial charge in [0, 0.05) is 25.8 Å². The average Bonchev–Trinajstić information content (AvgIpc) is 2.60. The number of likely N-dealkylation sites (tertiary alicyclic amines) is 1. The van der Waals surface area contributed by atoms with E-state index in [-0.39, 0.29) is 0 Å². The fourth-order valence-corrected chi connectivity index (χ4v) is 2.72. The van der Waals surface area contributed by atoms with E-state index in [4.69, 9.17) is 5.73 Å². The molecule has 2 unspecified atom stereocenters. The minimum atomic E-state index is 0.750. The van der Waals surface area contributed by atoms with Crippen LogP contribution in [0.1, 0.15) is 20.3 Å². The number of hydrogen-bond donors (Lipinski definition) is 1. The molecule has 2 heterocycles. The summed E-state index contributed by atoms with van der Waals surface area (Å²) in [7, 11) is 0. The molecule has 16 heavy (non-hydrogen) atoms. The summed E-state index contributed by atoms with van der Waals surface area (Å²) in [6, 6.07) is 0. The fourth-order valence-electron chi connectivity index (χ4n) is 2.72. The lowest BCUT2D eigenvalue weighted by Crippen LogP contribution is -2.40. The zero-order valence-electron chi connectivity index (χ0n) is 10.3. The largest absolute Gasteiger partial charge is 0.396 e. The van der Waals surface area contributed by atoms with Gasteiger partial charge < -0.3 is 10.6 Å². The van der Waals surface area contributed by atoms with Crippen molar-refractivity contribution >= 4 is 5.69 Å². The van der Waals surface area contributed by atoms with Gasteiger partial charge in [0.2, 0.25) is 0 Å². The van der Waals surface area contributed by atoms with Crippen molar-refractivity contribution in [1.29, 1.82) is 0 Å². The summed E-state index contributed by atoms with van der Waals surface area (Å²) in [5, 5.41) is 4.20. The second kappa shape index (κ2) is 4.87. The van der Waals surface area contributed by atoms with Gasteiger partial charge in [0.15, 0.2) is 0 Å². The molecule has 4 nitrogen and oxygen atoms in total. The van der Waals surface area contributed by atoms with Crippen molar-refractivity contribution in [2.45, 2.75) is 26.8 Å². The molecular formula is C12H22N4. The van der Waals surface area contributed by atoms with Crippen LogP contribution in [-0.4, -0.2) is 34.3 Å². The maximum absolute atomic E-state index is 5.63. The van der Waals surface area contributed by atoms with Crippen LogP contribution in [0.25, 0.3) is 0 Å². The van der Waals surface area contributed by atoms with E-state index in [9.17, 15) is 0 Å². The van der Waals surface area contributed by atoms with E-state index in [0.29, 0.717) is 0 Å². The summed E-state index contributed by atoms with van der Waals surface area (Å²) < 4.78 is 1.93. The first-order valence-electron chi connectivity index (χ1n) is 6.14. The van der Waals surface area contributed by atoms with Crippen LogP contribution in [0.4, 0.5) is 5.69 Å². The Bertz CT molecular complexity index is 324. The molecule has 1 saturated heterocycles. The van der Waals surface area contributed by atoms with Crippen molar-refractivity contribution in [3.63, 3.8) is 0 Å². The molecule has 0 amide bonds. The van der Waals surface area contributed by atoms with Gasteiger partial charge in [-0.05, 0) is 18.3 Å². The smallest absolute Gasteiger partial charge is 0.0719 e. The molecule has 1 aromatic heterocycles. The molecule has 0 aliphatic carbocycles. The number of anilines is 1. The van der Waals surface area contributed by atoms with Crippen LogP contribution in [0.15, 0.2) is 12.4 Å². The third-order valence-corrected chi connectivity index (χ3v) is 3.24. The van der Waals surface area contributed by atoms with Gasteiger partial charge in [-0.25, -0.2) is 0 Å². The Morgan fingerprint density at radius 2 is 2.00 bits per heavy atom. The lowest BCUT2D eigenvalue weighted by molar-refractivity contribution is 0.135. The molecule has 1 aromatic rings. The molecule has 2 atom stereocenters. The monoisotopic (exact) mass is 222 g/mol. The Labute approximate surface area is 97.4 Å². The molecule has 0 aromatic carbocycles. The first-order chi connectivity index (χ1) is 7.63. The maximum atomic E-state index is 5.63. The highest BCUT2D eigenvalue weighted by Crippen LogP contribution is 2.20. The van der Waals surface area contributed by atoms with Gasteiger partial charge in [-0.3, -0.25) is 4.68 Å². The van der Waals surface area contributed by atoms with E-state index in [0.717, 1.165) is 30.6 Å². The van der Waals surface area contributed by atoms with Crippen molar-refractivity contribution < 1.29 is 0 Å². The molecular weight excluding hydrogens is 200 g/mol. The summed E-state index contributed by atoms with van der Waals surface area (Å²) in [5.41, 5.74) is 6.38. The van der Waals surface area contributed by atoms with E-state index >= 15 is 0 Å². The lowest BCUT2D eigenvalue weighted by Gasteiger charge is -2.34. The lowest BCUT2D eigenvalue weighted by atomic mass is 9.92. The third kappa shape index (κ3) is 2.98. The Hall–Kier alpha value is -1.03. The summed E-state index contributed by atoms with van der Waals surface area (Å²) in [6.45, 7) is 9.15. The van der Waals surface area contributed by atoms with Gasteiger partial charge in [-0.15, -0.1) is 0 Å². The molecule has 2 rings (SSSR count). The fraction of sp³-hybridized carbons (Fsp3) is 0.750. The Kier molecular flexibility index (Phi) is 3.49. The van der Waals surface area contributed by atoms with Crippen molar-refractivity contribution in [3.8, 4) is 0 Å². The number of nitrogens with two attached hydrogens (primary N) is 1. The minimum Gasteiger partial charge on any atom is -0.396 e. The summed E-state index contributed by atoms with van der Waals surface area (Å²) in [5.74, 6) is 1.65. The molecule has 0 spiro atoms. The normalized spacial score (nSPS) is 27.1. The van der Waals surface area contributed by atoms with Crippen LogP contribution in [0.2, 0.25) is 0 Å². The molecule has 1 fully saturated rings. The molecule has 0 bridgehead atoms. The van der Waals surface area contributed by atoms with Crippen molar-refractivity contribution in [2.75, 3.05) is 25.4 Å². The van der Waals surface area contributed by atoms with E-state index in [2.05, 4.69) is 23.8 Å². The molecule has 4 heteroatoms. The summed E-state index contributed by atoms with van der Waals surface area (Å²) in [4.78, 5) is 2.54. The van der Waals surface area contributed by atoms with Crippen LogP contribution < -0.4 is 5.73 Å². The number of aromatic nitrogens is 2. The summed E-state index contributed by atoms with van der Waals surface area (Å²) in [6.07, 6.45) is 4.98. The Morgan fingerprint density at radius 3 is 2.56 bits per heavy atom. The SMILES string of the molecule is CC1CC(C)CN(CCn2cc(N)cn2)C1. The molecule has 0 radical (unpaired) electrons. The van der Waals surface area contributed by atoms with Gasteiger partial charge in [0.1, 0.15) is 0 Å². The topological polar surface area (TPSA) is 47.1 Å². The molecule has 2 N–H and O–H groups in total. The predicted molar refractivity (Wildman–Crippen MR) is 66.0 cm³/mol. The van der Waals surface area contributed by atoms with Gasteiger partial charge in [0.05, 0.1) is 18.4 Å². The van der Waals surface area contributed by atoms with Gasteiger partial charge in [-0.2, -0.15) is 5.10 Å². The highest BCUT2D eigenvalue weighted by Gasteiger charge is 2.21.